The van der Waals surface area contributed by atoms with Gasteiger partial charge < -0.3 is 0 Å². The molecule has 4 heteroatoms. The molecule has 2 aromatic heterocycles. The Hall–Kier alpha value is -2.67. The fourth-order valence-corrected chi connectivity index (χ4v) is 2.28. The van der Waals surface area contributed by atoms with Gasteiger partial charge in [0.2, 0.25) is 0 Å². The third-order valence-corrected chi connectivity index (χ3v) is 3.55. The van der Waals surface area contributed by atoms with E-state index in [0.717, 1.165) is 11.4 Å². The van der Waals surface area contributed by atoms with Crippen LogP contribution >= 0.6 is 0 Å². The van der Waals surface area contributed by atoms with Gasteiger partial charge >= 0.3 is 0 Å². The first kappa shape index (κ1) is 13.3. The minimum absolute atomic E-state index is 0.132. The summed E-state index contributed by atoms with van der Waals surface area (Å²) in [6.07, 6.45) is 1.83. The highest BCUT2D eigenvalue weighted by molar-refractivity contribution is 5.61. The topological polar surface area (TPSA) is 54.0 Å². The van der Waals surface area contributed by atoms with Crippen molar-refractivity contribution in [3.63, 3.8) is 0 Å². The van der Waals surface area contributed by atoms with Gasteiger partial charge in [-0.05, 0) is 17.0 Å². The summed E-state index contributed by atoms with van der Waals surface area (Å²) in [5, 5.41) is 17.3. The molecule has 0 aliphatic rings. The highest BCUT2D eigenvalue weighted by Crippen LogP contribution is 2.25. The van der Waals surface area contributed by atoms with E-state index in [4.69, 9.17) is 5.26 Å². The molecule has 1 aromatic carbocycles. The first-order chi connectivity index (χ1) is 9.99. The monoisotopic (exact) mass is 276 g/mol. The van der Waals surface area contributed by atoms with Crippen LogP contribution in [0.25, 0.3) is 17.0 Å². The van der Waals surface area contributed by atoms with E-state index in [0.29, 0.717) is 11.2 Å². The third kappa shape index (κ3) is 2.38. The van der Waals surface area contributed by atoms with Crippen LogP contribution in [0.15, 0.2) is 42.6 Å². The zero-order valence-electron chi connectivity index (χ0n) is 12.3. The average molecular weight is 276 g/mol. The molecule has 4 nitrogen and oxygen atoms in total. The van der Waals surface area contributed by atoms with Crippen molar-refractivity contribution in [1.29, 1.82) is 5.26 Å². The standard InChI is InChI=1S/C17H16N4/c1-17(2,3)14-6-4-13(5-7-14)16-20-19-15-10-12(11-18)8-9-21(15)16/h4-10H,1-3H3. The summed E-state index contributed by atoms with van der Waals surface area (Å²) in [5.41, 5.74) is 3.70. The van der Waals surface area contributed by atoms with Gasteiger partial charge in [0, 0.05) is 17.8 Å². The maximum absolute atomic E-state index is 8.92. The van der Waals surface area contributed by atoms with Gasteiger partial charge in [0.05, 0.1) is 11.6 Å². The van der Waals surface area contributed by atoms with Crippen molar-refractivity contribution in [3.8, 4) is 17.5 Å². The van der Waals surface area contributed by atoms with Crippen molar-refractivity contribution in [3.05, 3.63) is 53.7 Å². The largest absolute Gasteiger partial charge is 0.282 e. The normalized spacial score (nSPS) is 11.5. The lowest BCUT2D eigenvalue weighted by Gasteiger charge is -2.18. The summed E-state index contributed by atoms with van der Waals surface area (Å²) in [5.74, 6) is 0.787. The molecule has 0 bridgehead atoms. The molecule has 0 aliphatic carbocycles. The minimum atomic E-state index is 0.132. The van der Waals surface area contributed by atoms with Gasteiger partial charge in [-0.2, -0.15) is 5.26 Å². The molecule has 0 saturated carbocycles. The molecule has 0 aliphatic heterocycles. The molecule has 104 valence electrons. The Kier molecular flexibility index (Phi) is 2.99. The maximum atomic E-state index is 8.92. The molecule has 0 N–H and O–H groups in total. The van der Waals surface area contributed by atoms with Crippen LogP contribution in [-0.2, 0) is 5.41 Å². The molecule has 0 radical (unpaired) electrons. The van der Waals surface area contributed by atoms with Gasteiger partial charge in [0.25, 0.3) is 0 Å². The maximum Gasteiger partial charge on any atom is 0.168 e. The summed E-state index contributed by atoms with van der Waals surface area (Å²) >= 11 is 0. The Balaban J connectivity index is 2.07. The predicted octanol–water partition coefficient (Wildman–Crippen LogP) is 3.57. The van der Waals surface area contributed by atoms with Gasteiger partial charge in [-0.3, -0.25) is 4.40 Å². The smallest absolute Gasteiger partial charge is 0.168 e. The second-order valence-corrected chi connectivity index (χ2v) is 6.11. The molecule has 0 atom stereocenters. The molecular weight excluding hydrogens is 260 g/mol. The van der Waals surface area contributed by atoms with Gasteiger partial charge in [0.15, 0.2) is 11.5 Å². The summed E-state index contributed by atoms with van der Waals surface area (Å²) < 4.78 is 1.90. The Morgan fingerprint density at radius 3 is 2.38 bits per heavy atom. The number of rotatable bonds is 1. The second kappa shape index (κ2) is 4.71. The van der Waals surface area contributed by atoms with Crippen LogP contribution < -0.4 is 0 Å². The van der Waals surface area contributed by atoms with Crippen LogP contribution in [0, 0.1) is 11.3 Å². The van der Waals surface area contributed by atoms with E-state index in [-0.39, 0.29) is 5.41 Å². The summed E-state index contributed by atoms with van der Waals surface area (Å²) in [7, 11) is 0. The number of benzene rings is 1. The molecule has 3 aromatic rings. The summed E-state index contributed by atoms with van der Waals surface area (Å²) in [6, 6.07) is 14.0. The number of fused-ring (bicyclic) bond motifs is 1. The van der Waals surface area contributed by atoms with Gasteiger partial charge in [-0.25, -0.2) is 0 Å². The number of aromatic nitrogens is 3. The lowest BCUT2D eigenvalue weighted by molar-refractivity contribution is 0.590. The number of pyridine rings is 1. The Morgan fingerprint density at radius 1 is 1.05 bits per heavy atom. The molecule has 0 fully saturated rings. The zero-order valence-corrected chi connectivity index (χ0v) is 12.3. The Morgan fingerprint density at radius 2 is 1.76 bits per heavy atom. The first-order valence-corrected chi connectivity index (χ1v) is 6.85. The molecule has 0 amide bonds. The van der Waals surface area contributed by atoms with E-state index in [9.17, 15) is 0 Å². The minimum Gasteiger partial charge on any atom is -0.282 e. The zero-order chi connectivity index (χ0) is 15.0. The van der Waals surface area contributed by atoms with E-state index in [1.165, 1.54) is 5.56 Å². The van der Waals surface area contributed by atoms with Gasteiger partial charge in [-0.1, -0.05) is 45.0 Å². The molecular formula is C17H16N4. The van der Waals surface area contributed by atoms with Crippen molar-refractivity contribution >= 4 is 5.65 Å². The van der Waals surface area contributed by atoms with E-state index in [1.807, 2.05) is 10.6 Å². The van der Waals surface area contributed by atoms with E-state index in [2.05, 4.69) is 61.3 Å². The fourth-order valence-electron chi connectivity index (χ4n) is 2.28. The van der Waals surface area contributed by atoms with Crippen LogP contribution in [-0.4, -0.2) is 14.6 Å². The highest BCUT2D eigenvalue weighted by Gasteiger charge is 2.14. The fraction of sp³-hybridized carbons (Fsp3) is 0.235. The van der Waals surface area contributed by atoms with Crippen molar-refractivity contribution in [1.82, 2.24) is 14.6 Å². The van der Waals surface area contributed by atoms with Crippen LogP contribution in [0.1, 0.15) is 31.9 Å². The Labute approximate surface area is 123 Å². The predicted molar refractivity (Wildman–Crippen MR) is 81.8 cm³/mol. The van der Waals surface area contributed by atoms with Gasteiger partial charge in [-0.15, -0.1) is 10.2 Å². The number of hydrogen-bond donors (Lipinski definition) is 0. The lowest BCUT2D eigenvalue weighted by atomic mass is 9.87. The van der Waals surface area contributed by atoms with Crippen molar-refractivity contribution in [2.24, 2.45) is 0 Å². The molecule has 21 heavy (non-hydrogen) atoms. The van der Waals surface area contributed by atoms with Crippen LogP contribution in [0.3, 0.4) is 0 Å². The molecule has 3 rings (SSSR count). The van der Waals surface area contributed by atoms with E-state index < -0.39 is 0 Å². The van der Waals surface area contributed by atoms with Crippen molar-refractivity contribution in [2.45, 2.75) is 26.2 Å². The molecule has 0 spiro atoms. The third-order valence-electron chi connectivity index (χ3n) is 3.55. The summed E-state index contributed by atoms with van der Waals surface area (Å²) in [6.45, 7) is 6.58. The van der Waals surface area contributed by atoms with Crippen LogP contribution in [0.4, 0.5) is 0 Å². The Bertz CT molecular complexity index is 830. The molecule has 0 unspecified atom stereocenters. The number of nitriles is 1. The van der Waals surface area contributed by atoms with E-state index >= 15 is 0 Å². The quantitative estimate of drug-likeness (QED) is 0.682. The van der Waals surface area contributed by atoms with Crippen molar-refractivity contribution in [2.75, 3.05) is 0 Å². The van der Waals surface area contributed by atoms with Crippen LogP contribution in [0.5, 0.6) is 0 Å². The lowest BCUT2D eigenvalue weighted by Crippen LogP contribution is -2.10. The summed E-state index contributed by atoms with van der Waals surface area (Å²) in [4.78, 5) is 0. The molecule has 0 saturated heterocycles. The first-order valence-electron chi connectivity index (χ1n) is 6.85. The SMILES string of the molecule is CC(C)(C)c1ccc(-c2nnc3cc(C#N)ccn23)cc1. The van der Waals surface area contributed by atoms with Crippen LogP contribution in [0.2, 0.25) is 0 Å². The van der Waals surface area contributed by atoms with E-state index in [1.54, 1.807) is 12.1 Å². The van der Waals surface area contributed by atoms with Crippen molar-refractivity contribution < 1.29 is 0 Å². The van der Waals surface area contributed by atoms with Gasteiger partial charge in [0.1, 0.15) is 0 Å². The molecule has 2 heterocycles. The highest BCUT2D eigenvalue weighted by atomic mass is 15.2. The number of hydrogen-bond acceptors (Lipinski definition) is 3. The second-order valence-electron chi connectivity index (χ2n) is 6.11. The average Bonchev–Trinajstić information content (AvgIpc) is 2.89. The number of nitrogens with zero attached hydrogens (tertiary/aromatic N) is 4.